The molecule has 0 aromatic carbocycles. The molecule has 106 valence electrons. The molecule has 1 amide bonds. The number of amides is 1. The lowest BCUT2D eigenvalue weighted by Gasteiger charge is -2.02. The second kappa shape index (κ2) is 14.1. The number of carboxylic acid groups (broad SMARTS) is 1. The highest BCUT2D eigenvalue weighted by molar-refractivity contribution is 5.64. The molecule has 0 aromatic heterocycles. The first-order chi connectivity index (χ1) is 8.77. The van der Waals surface area contributed by atoms with Crippen molar-refractivity contribution in [1.29, 1.82) is 0 Å². The van der Waals surface area contributed by atoms with Gasteiger partial charge in [0.2, 0.25) is 0 Å². The highest BCUT2D eigenvalue weighted by Gasteiger charge is 1.94. The van der Waals surface area contributed by atoms with Crippen molar-refractivity contribution in [1.82, 2.24) is 5.32 Å². The summed E-state index contributed by atoms with van der Waals surface area (Å²) in [5, 5.41) is 10.8. The minimum absolute atomic E-state index is 0.596. The standard InChI is InChI=1S/C15H29NO2/c1-2-3-4-5-6-7-8-9-10-11-12-13-14-16-15(17)18/h3-4,16H,2,5-14H2,1H3,(H,17,18)/b4-3-. The number of hydrogen-bond donors (Lipinski definition) is 2. The van der Waals surface area contributed by atoms with Crippen LogP contribution >= 0.6 is 0 Å². The lowest BCUT2D eigenvalue weighted by atomic mass is 10.1. The number of hydrogen-bond acceptors (Lipinski definition) is 1. The van der Waals surface area contributed by atoms with E-state index in [0.29, 0.717) is 6.54 Å². The van der Waals surface area contributed by atoms with Crippen molar-refractivity contribution in [3.63, 3.8) is 0 Å². The van der Waals surface area contributed by atoms with Crippen LogP contribution in [0.2, 0.25) is 0 Å². The Morgan fingerprint density at radius 1 is 0.944 bits per heavy atom. The molecule has 0 aliphatic heterocycles. The summed E-state index contributed by atoms with van der Waals surface area (Å²) in [4.78, 5) is 10.2. The quantitative estimate of drug-likeness (QED) is 0.391. The third kappa shape index (κ3) is 15.0. The molecule has 0 bridgehead atoms. The van der Waals surface area contributed by atoms with Gasteiger partial charge >= 0.3 is 6.09 Å². The number of rotatable bonds is 12. The molecule has 0 aliphatic rings. The minimum atomic E-state index is -0.910. The van der Waals surface area contributed by atoms with Crippen LogP contribution in [-0.4, -0.2) is 17.7 Å². The molecule has 0 saturated carbocycles. The molecular weight excluding hydrogens is 226 g/mol. The van der Waals surface area contributed by atoms with Gasteiger partial charge in [0, 0.05) is 6.54 Å². The van der Waals surface area contributed by atoms with Gasteiger partial charge in [-0.1, -0.05) is 57.6 Å². The van der Waals surface area contributed by atoms with Crippen LogP contribution < -0.4 is 5.32 Å². The van der Waals surface area contributed by atoms with Gasteiger partial charge in [-0.25, -0.2) is 4.79 Å². The fraction of sp³-hybridized carbons (Fsp3) is 0.800. The predicted octanol–water partition coefficient (Wildman–Crippen LogP) is 4.73. The third-order valence-electron chi connectivity index (χ3n) is 2.98. The Morgan fingerprint density at radius 2 is 1.50 bits per heavy atom. The highest BCUT2D eigenvalue weighted by atomic mass is 16.4. The molecule has 0 fully saturated rings. The maximum atomic E-state index is 10.2. The highest BCUT2D eigenvalue weighted by Crippen LogP contribution is 2.09. The number of allylic oxidation sites excluding steroid dienone is 2. The predicted molar refractivity (Wildman–Crippen MR) is 77.0 cm³/mol. The largest absolute Gasteiger partial charge is 0.465 e. The van der Waals surface area contributed by atoms with Crippen LogP contribution in [0.1, 0.15) is 71.1 Å². The van der Waals surface area contributed by atoms with E-state index in [9.17, 15) is 4.79 Å². The van der Waals surface area contributed by atoms with Crippen LogP contribution in [0.5, 0.6) is 0 Å². The molecule has 3 nitrogen and oxygen atoms in total. The van der Waals surface area contributed by atoms with Gasteiger partial charge in [-0.05, 0) is 25.7 Å². The van der Waals surface area contributed by atoms with Gasteiger partial charge in [0.1, 0.15) is 0 Å². The first kappa shape index (κ1) is 17.0. The molecule has 18 heavy (non-hydrogen) atoms. The Bertz CT molecular complexity index is 215. The first-order valence-corrected chi connectivity index (χ1v) is 7.39. The summed E-state index contributed by atoms with van der Waals surface area (Å²) in [5.74, 6) is 0. The Morgan fingerprint density at radius 3 is 2.06 bits per heavy atom. The third-order valence-corrected chi connectivity index (χ3v) is 2.98. The smallest absolute Gasteiger partial charge is 0.404 e. The van der Waals surface area contributed by atoms with Crippen LogP contribution in [0.3, 0.4) is 0 Å². The lowest BCUT2D eigenvalue weighted by Crippen LogP contribution is -2.21. The van der Waals surface area contributed by atoms with Gasteiger partial charge < -0.3 is 10.4 Å². The van der Waals surface area contributed by atoms with E-state index >= 15 is 0 Å². The average molecular weight is 255 g/mol. The van der Waals surface area contributed by atoms with Crippen LogP contribution in [0.15, 0.2) is 12.2 Å². The van der Waals surface area contributed by atoms with Crippen molar-refractivity contribution >= 4 is 6.09 Å². The summed E-state index contributed by atoms with van der Waals surface area (Å²) in [6.45, 7) is 2.77. The van der Waals surface area contributed by atoms with Crippen LogP contribution in [0.25, 0.3) is 0 Å². The molecular formula is C15H29NO2. The molecule has 0 atom stereocenters. The van der Waals surface area contributed by atoms with Crippen molar-refractivity contribution in [2.24, 2.45) is 0 Å². The number of carbonyl (C=O) groups is 1. The topological polar surface area (TPSA) is 49.3 Å². The van der Waals surface area contributed by atoms with E-state index in [1.165, 1.54) is 44.9 Å². The summed E-state index contributed by atoms with van der Waals surface area (Å²) < 4.78 is 0. The van der Waals surface area contributed by atoms with E-state index < -0.39 is 6.09 Å². The second-order valence-corrected chi connectivity index (χ2v) is 4.73. The molecule has 2 N–H and O–H groups in total. The zero-order chi connectivity index (χ0) is 13.5. The van der Waals surface area contributed by atoms with Crippen molar-refractivity contribution in [3.8, 4) is 0 Å². The molecule has 0 saturated heterocycles. The van der Waals surface area contributed by atoms with Crippen molar-refractivity contribution in [2.45, 2.75) is 71.1 Å². The SMILES string of the molecule is CC/C=C\CCCCCCCCCCNC(=O)O. The Balaban J connectivity index is 2.99. The Kier molecular flexibility index (Phi) is 13.3. The van der Waals surface area contributed by atoms with Crippen molar-refractivity contribution in [2.75, 3.05) is 6.54 Å². The molecule has 0 rings (SSSR count). The fourth-order valence-corrected chi connectivity index (χ4v) is 1.93. The molecule has 0 unspecified atom stereocenters. The monoisotopic (exact) mass is 255 g/mol. The molecule has 0 heterocycles. The molecule has 0 spiro atoms. The maximum absolute atomic E-state index is 10.2. The van der Waals surface area contributed by atoms with Gasteiger partial charge in [0.15, 0.2) is 0 Å². The van der Waals surface area contributed by atoms with E-state index in [4.69, 9.17) is 5.11 Å². The molecule has 0 aromatic rings. The Labute approximate surface area is 112 Å². The van der Waals surface area contributed by atoms with Crippen LogP contribution in [-0.2, 0) is 0 Å². The van der Waals surface area contributed by atoms with Crippen LogP contribution in [0, 0.1) is 0 Å². The average Bonchev–Trinajstić information content (AvgIpc) is 2.34. The van der Waals surface area contributed by atoms with Crippen LogP contribution in [0.4, 0.5) is 4.79 Å². The first-order valence-electron chi connectivity index (χ1n) is 7.39. The van der Waals surface area contributed by atoms with Gasteiger partial charge in [-0.15, -0.1) is 0 Å². The van der Waals surface area contributed by atoms with Gasteiger partial charge in [-0.3, -0.25) is 0 Å². The summed E-state index contributed by atoms with van der Waals surface area (Å²) in [7, 11) is 0. The second-order valence-electron chi connectivity index (χ2n) is 4.73. The minimum Gasteiger partial charge on any atom is -0.465 e. The zero-order valence-corrected chi connectivity index (χ0v) is 11.8. The Hall–Kier alpha value is -0.990. The fourth-order valence-electron chi connectivity index (χ4n) is 1.93. The van der Waals surface area contributed by atoms with E-state index in [1.807, 2.05) is 0 Å². The lowest BCUT2D eigenvalue weighted by molar-refractivity contribution is 0.194. The van der Waals surface area contributed by atoms with E-state index in [1.54, 1.807) is 0 Å². The molecule has 0 radical (unpaired) electrons. The van der Waals surface area contributed by atoms with E-state index in [2.05, 4.69) is 24.4 Å². The molecule has 3 heteroatoms. The van der Waals surface area contributed by atoms with E-state index in [0.717, 1.165) is 19.3 Å². The number of nitrogens with one attached hydrogen (secondary N) is 1. The molecule has 0 aliphatic carbocycles. The summed E-state index contributed by atoms with van der Waals surface area (Å²) >= 11 is 0. The van der Waals surface area contributed by atoms with Crippen molar-refractivity contribution < 1.29 is 9.90 Å². The summed E-state index contributed by atoms with van der Waals surface area (Å²) in [5.41, 5.74) is 0. The summed E-state index contributed by atoms with van der Waals surface area (Å²) in [6.07, 6.45) is 16.0. The van der Waals surface area contributed by atoms with Gasteiger partial charge in [0.05, 0.1) is 0 Å². The van der Waals surface area contributed by atoms with Crippen molar-refractivity contribution in [3.05, 3.63) is 12.2 Å². The van der Waals surface area contributed by atoms with E-state index in [-0.39, 0.29) is 0 Å². The normalized spacial score (nSPS) is 10.9. The number of unbranched alkanes of at least 4 members (excludes halogenated alkanes) is 8. The maximum Gasteiger partial charge on any atom is 0.404 e. The van der Waals surface area contributed by atoms with Gasteiger partial charge in [0.25, 0.3) is 0 Å². The summed E-state index contributed by atoms with van der Waals surface area (Å²) in [6, 6.07) is 0. The zero-order valence-electron chi connectivity index (χ0n) is 11.8. The van der Waals surface area contributed by atoms with Gasteiger partial charge in [-0.2, -0.15) is 0 Å².